The summed E-state index contributed by atoms with van der Waals surface area (Å²) in [5.41, 5.74) is 5.25. The summed E-state index contributed by atoms with van der Waals surface area (Å²) in [4.78, 5) is 9.08. The van der Waals surface area contributed by atoms with Crippen molar-refractivity contribution < 1.29 is 4.74 Å². The zero-order valence-electron chi connectivity index (χ0n) is 17.0. The molecule has 0 radical (unpaired) electrons. The molecular formula is C26H23ClN2O. The zero-order valence-corrected chi connectivity index (χ0v) is 17.8. The van der Waals surface area contributed by atoms with Gasteiger partial charge in [0.1, 0.15) is 18.2 Å². The standard InChI is InChI=1S/C26H23ClN2O/c1-18(2)26-28-16-15-24(29-26)23-5-3-4-6-25(23)30-17-19-7-9-20(10-8-19)21-11-13-22(27)14-12-21/h3-16,18H,17H2,1-2H3. The van der Waals surface area contributed by atoms with Gasteiger partial charge in [-0.05, 0) is 47.0 Å². The largest absolute Gasteiger partial charge is 0.488 e. The fourth-order valence-corrected chi connectivity index (χ4v) is 3.33. The highest BCUT2D eigenvalue weighted by atomic mass is 35.5. The molecule has 4 rings (SSSR count). The molecule has 3 nitrogen and oxygen atoms in total. The van der Waals surface area contributed by atoms with Gasteiger partial charge < -0.3 is 4.74 Å². The Labute approximate surface area is 182 Å². The SMILES string of the molecule is CC(C)c1nccc(-c2ccccc2OCc2ccc(-c3ccc(Cl)cc3)cc2)n1. The smallest absolute Gasteiger partial charge is 0.131 e. The van der Waals surface area contributed by atoms with Gasteiger partial charge in [-0.3, -0.25) is 0 Å². The lowest BCUT2D eigenvalue weighted by atomic mass is 10.0. The van der Waals surface area contributed by atoms with Crippen molar-refractivity contribution in [3.8, 4) is 28.1 Å². The molecule has 0 atom stereocenters. The predicted octanol–water partition coefficient (Wildman–Crippen LogP) is 7.17. The van der Waals surface area contributed by atoms with Crippen LogP contribution in [0.25, 0.3) is 22.4 Å². The van der Waals surface area contributed by atoms with Crippen LogP contribution in [0.2, 0.25) is 5.02 Å². The molecule has 0 saturated heterocycles. The highest BCUT2D eigenvalue weighted by Crippen LogP contribution is 2.30. The molecule has 3 aromatic carbocycles. The molecule has 0 saturated carbocycles. The van der Waals surface area contributed by atoms with Crippen molar-refractivity contribution in [3.05, 3.63) is 101 Å². The molecule has 0 aliphatic heterocycles. The third-order valence-electron chi connectivity index (χ3n) is 4.88. The molecule has 30 heavy (non-hydrogen) atoms. The predicted molar refractivity (Wildman–Crippen MR) is 123 cm³/mol. The van der Waals surface area contributed by atoms with E-state index in [0.717, 1.165) is 44.5 Å². The van der Waals surface area contributed by atoms with Crippen molar-refractivity contribution in [2.45, 2.75) is 26.4 Å². The van der Waals surface area contributed by atoms with Gasteiger partial charge >= 0.3 is 0 Å². The zero-order chi connectivity index (χ0) is 20.9. The molecule has 0 spiro atoms. The maximum atomic E-state index is 6.16. The average molecular weight is 415 g/mol. The Bertz CT molecular complexity index is 1120. The maximum Gasteiger partial charge on any atom is 0.131 e. The Morgan fingerprint density at radius 2 is 1.50 bits per heavy atom. The van der Waals surface area contributed by atoms with Crippen molar-refractivity contribution in [1.29, 1.82) is 0 Å². The van der Waals surface area contributed by atoms with Gasteiger partial charge in [0.2, 0.25) is 0 Å². The van der Waals surface area contributed by atoms with Gasteiger partial charge in [0, 0.05) is 22.7 Å². The lowest BCUT2D eigenvalue weighted by Gasteiger charge is -2.13. The summed E-state index contributed by atoms with van der Waals surface area (Å²) in [6.07, 6.45) is 1.81. The number of aromatic nitrogens is 2. The van der Waals surface area contributed by atoms with Gasteiger partial charge in [-0.25, -0.2) is 9.97 Å². The number of hydrogen-bond acceptors (Lipinski definition) is 3. The van der Waals surface area contributed by atoms with Gasteiger partial charge in [-0.2, -0.15) is 0 Å². The summed E-state index contributed by atoms with van der Waals surface area (Å²) < 4.78 is 6.16. The molecule has 0 aliphatic carbocycles. The first-order valence-electron chi connectivity index (χ1n) is 10.00. The number of nitrogens with zero attached hydrogens (tertiary/aromatic N) is 2. The van der Waals surface area contributed by atoms with E-state index in [1.165, 1.54) is 0 Å². The number of ether oxygens (including phenoxy) is 1. The average Bonchev–Trinajstić information content (AvgIpc) is 2.79. The molecule has 1 aromatic heterocycles. The van der Waals surface area contributed by atoms with E-state index in [1.807, 2.05) is 60.8 Å². The molecule has 4 heteroatoms. The second-order valence-corrected chi connectivity index (χ2v) is 7.88. The first-order valence-corrected chi connectivity index (χ1v) is 10.4. The van der Waals surface area contributed by atoms with Crippen LogP contribution in [0.5, 0.6) is 5.75 Å². The lowest BCUT2D eigenvalue weighted by Crippen LogP contribution is -2.00. The van der Waals surface area contributed by atoms with E-state index in [0.29, 0.717) is 6.61 Å². The molecule has 0 N–H and O–H groups in total. The van der Waals surface area contributed by atoms with E-state index < -0.39 is 0 Å². The molecular weight excluding hydrogens is 392 g/mol. The minimum Gasteiger partial charge on any atom is -0.488 e. The van der Waals surface area contributed by atoms with Crippen molar-refractivity contribution in [3.63, 3.8) is 0 Å². The Kier molecular flexibility index (Phi) is 6.10. The quantitative estimate of drug-likeness (QED) is 0.335. The first kappa shape index (κ1) is 20.1. The second kappa shape index (κ2) is 9.10. The minimum atomic E-state index is 0.275. The molecule has 0 aliphatic rings. The molecule has 150 valence electrons. The van der Waals surface area contributed by atoms with Crippen LogP contribution in [0.4, 0.5) is 0 Å². The van der Waals surface area contributed by atoms with Crippen LogP contribution in [-0.4, -0.2) is 9.97 Å². The number of benzene rings is 3. The van der Waals surface area contributed by atoms with E-state index in [9.17, 15) is 0 Å². The topological polar surface area (TPSA) is 35.0 Å². The van der Waals surface area contributed by atoms with Crippen LogP contribution in [0, 0.1) is 0 Å². The van der Waals surface area contributed by atoms with Crippen LogP contribution in [0.1, 0.15) is 31.2 Å². The van der Waals surface area contributed by atoms with Crippen molar-refractivity contribution in [2.75, 3.05) is 0 Å². The number of para-hydroxylation sites is 1. The summed E-state index contributed by atoms with van der Waals surface area (Å²) in [6, 6.07) is 26.2. The number of rotatable bonds is 6. The van der Waals surface area contributed by atoms with Crippen LogP contribution in [0.3, 0.4) is 0 Å². The van der Waals surface area contributed by atoms with Crippen LogP contribution < -0.4 is 4.74 Å². The Hall–Kier alpha value is -3.17. The summed E-state index contributed by atoms with van der Waals surface area (Å²) in [7, 11) is 0. The summed E-state index contributed by atoms with van der Waals surface area (Å²) >= 11 is 5.98. The summed E-state index contributed by atoms with van der Waals surface area (Å²) in [6.45, 7) is 4.67. The van der Waals surface area contributed by atoms with Crippen molar-refractivity contribution in [2.24, 2.45) is 0 Å². The normalized spacial score (nSPS) is 10.9. The van der Waals surface area contributed by atoms with E-state index in [2.05, 4.69) is 43.1 Å². The number of halogens is 1. The lowest BCUT2D eigenvalue weighted by molar-refractivity contribution is 0.307. The van der Waals surface area contributed by atoms with Gasteiger partial charge in [0.15, 0.2) is 0 Å². The Morgan fingerprint density at radius 1 is 0.833 bits per heavy atom. The highest BCUT2D eigenvalue weighted by molar-refractivity contribution is 6.30. The first-order chi connectivity index (χ1) is 14.6. The van der Waals surface area contributed by atoms with E-state index >= 15 is 0 Å². The van der Waals surface area contributed by atoms with Crippen molar-refractivity contribution in [1.82, 2.24) is 9.97 Å². The molecule has 4 aromatic rings. The van der Waals surface area contributed by atoms with Gasteiger partial charge in [-0.1, -0.05) is 74.0 Å². The molecule has 0 fully saturated rings. The highest BCUT2D eigenvalue weighted by Gasteiger charge is 2.10. The molecule has 0 bridgehead atoms. The minimum absolute atomic E-state index is 0.275. The maximum absolute atomic E-state index is 6.16. The van der Waals surface area contributed by atoms with E-state index in [1.54, 1.807) is 0 Å². The summed E-state index contributed by atoms with van der Waals surface area (Å²) in [5.74, 6) is 1.92. The van der Waals surface area contributed by atoms with E-state index in [-0.39, 0.29) is 5.92 Å². The van der Waals surface area contributed by atoms with Crippen LogP contribution in [0.15, 0.2) is 85.1 Å². The fraction of sp³-hybridized carbons (Fsp3) is 0.154. The van der Waals surface area contributed by atoms with E-state index in [4.69, 9.17) is 21.3 Å². The van der Waals surface area contributed by atoms with Crippen LogP contribution in [-0.2, 0) is 6.61 Å². The molecule has 0 unspecified atom stereocenters. The molecule has 0 amide bonds. The third-order valence-corrected chi connectivity index (χ3v) is 5.13. The fourth-order valence-electron chi connectivity index (χ4n) is 3.20. The van der Waals surface area contributed by atoms with Crippen LogP contribution >= 0.6 is 11.6 Å². The van der Waals surface area contributed by atoms with Gasteiger partial charge in [0.25, 0.3) is 0 Å². The second-order valence-electron chi connectivity index (χ2n) is 7.44. The Balaban J connectivity index is 1.51. The molecule has 1 heterocycles. The van der Waals surface area contributed by atoms with Crippen molar-refractivity contribution >= 4 is 11.6 Å². The monoisotopic (exact) mass is 414 g/mol. The summed E-state index contributed by atoms with van der Waals surface area (Å²) in [5, 5.41) is 0.742. The number of hydrogen-bond donors (Lipinski definition) is 0. The Morgan fingerprint density at radius 3 is 2.20 bits per heavy atom. The van der Waals surface area contributed by atoms with Gasteiger partial charge in [-0.15, -0.1) is 0 Å². The van der Waals surface area contributed by atoms with Gasteiger partial charge in [0.05, 0.1) is 5.69 Å². The third kappa shape index (κ3) is 4.69.